The summed E-state index contributed by atoms with van der Waals surface area (Å²) in [6.07, 6.45) is 5.98. The van der Waals surface area contributed by atoms with Gasteiger partial charge in [-0.05, 0) is 31.4 Å². The quantitative estimate of drug-likeness (QED) is 0.902. The minimum absolute atomic E-state index is 0.0607. The first-order valence-corrected chi connectivity index (χ1v) is 7.28. The average Bonchev–Trinajstić information content (AvgIpc) is 2.98. The number of primary amides is 1. The van der Waals surface area contributed by atoms with Crippen molar-refractivity contribution in [2.24, 2.45) is 5.73 Å². The third-order valence-corrected chi connectivity index (χ3v) is 3.99. The van der Waals surface area contributed by atoms with E-state index in [2.05, 4.69) is 16.5 Å². The highest BCUT2D eigenvalue weighted by Crippen LogP contribution is 2.28. The van der Waals surface area contributed by atoms with Crippen LogP contribution in [0.4, 0.5) is 10.5 Å². The Kier molecular flexibility index (Phi) is 3.83. The predicted molar refractivity (Wildman–Crippen MR) is 80.2 cm³/mol. The SMILES string of the molecule is N#Cc1cnn2cccc2c1NC1CCCCC1OC(N)=O. The number of anilines is 1. The molecule has 7 heteroatoms. The van der Waals surface area contributed by atoms with Crippen LogP contribution in [0.25, 0.3) is 5.52 Å². The van der Waals surface area contributed by atoms with Gasteiger partial charge in [-0.1, -0.05) is 6.42 Å². The molecule has 2 aromatic rings. The van der Waals surface area contributed by atoms with E-state index < -0.39 is 6.09 Å². The molecule has 3 N–H and O–H groups in total. The maximum Gasteiger partial charge on any atom is 0.404 e. The van der Waals surface area contributed by atoms with Crippen molar-refractivity contribution in [3.63, 3.8) is 0 Å². The number of ether oxygens (including phenoxy) is 1. The van der Waals surface area contributed by atoms with Crippen LogP contribution < -0.4 is 11.1 Å². The number of nitriles is 1. The zero-order chi connectivity index (χ0) is 15.5. The van der Waals surface area contributed by atoms with Crippen molar-refractivity contribution in [3.8, 4) is 6.07 Å². The Hall–Kier alpha value is -2.75. The fourth-order valence-electron chi connectivity index (χ4n) is 2.97. The number of nitrogens with one attached hydrogen (secondary N) is 1. The van der Waals surface area contributed by atoms with Crippen LogP contribution in [0.3, 0.4) is 0 Å². The highest BCUT2D eigenvalue weighted by Gasteiger charge is 2.29. The number of hydrogen-bond acceptors (Lipinski definition) is 5. The van der Waals surface area contributed by atoms with E-state index in [0.717, 1.165) is 31.2 Å². The van der Waals surface area contributed by atoms with Gasteiger partial charge in [-0.25, -0.2) is 9.31 Å². The summed E-state index contributed by atoms with van der Waals surface area (Å²) in [6.45, 7) is 0. The van der Waals surface area contributed by atoms with Gasteiger partial charge in [0.25, 0.3) is 0 Å². The molecule has 22 heavy (non-hydrogen) atoms. The predicted octanol–water partition coefficient (Wildman–Crippen LogP) is 2.02. The van der Waals surface area contributed by atoms with E-state index in [1.54, 1.807) is 4.52 Å². The summed E-state index contributed by atoms with van der Waals surface area (Å²) in [5, 5.41) is 16.9. The van der Waals surface area contributed by atoms with Crippen molar-refractivity contribution >= 4 is 17.3 Å². The van der Waals surface area contributed by atoms with Crippen molar-refractivity contribution in [1.29, 1.82) is 5.26 Å². The molecule has 0 aliphatic heterocycles. The van der Waals surface area contributed by atoms with Crippen LogP contribution in [0.1, 0.15) is 31.2 Å². The Bertz CT molecular complexity index is 733. The van der Waals surface area contributed by atoms with Gasteiger partial charge in [0.2, 0.25) is 0 Å². The molecule has 2 unspecified atom stereocenters. The normalized spacial score (nSPS) is 21.2. The summed E-state index contributed by atoms with van der Waals surface area (Å²) in [7, 11) is 0. The number of aromatic nitrogens is 2. The Balaban J connectivity index is 1.92. The maximum atomic E-state index is 11.1. The molecule has 1 aliphatic rings. The summed E-state index contributed by atoms with van der Waals surface area (Å²) >= 11 is 0. The first-order chi connectivity index (χ1) is 10.7. The summed E-state index contributed by atoms with van der Waals surface area (Å²) in [5.41, 5.74) is 7.16. The summed E-state index contributed by atoms with van der Waals surface area (Å²) < 4.78 is 6.92. The van der Waals surface area contributed by atoms with Gasteiger partial charge in [-0.3, -0.25) is 0 Å². The van der Waals surface area contributed by atoms with E-state index in [0.29, 0.717) is 11.3 Å². The second-order valence-electron chi connectivity index (χ2n) is 5.39. The highest BCUT2D eigenvalue weighted by molar-refractivity contribution is 5.77. The number of nitrogens with two attached hydrogens (primary N) is 1. The molecular weight excluding hydrogens is 282 g/mol. The molecule has 7 nitrogen and oxygen atoms in total. The van der Waals surface area contributed by atoms with E-state index in [-0.39, 0.29) is 12.1 Å². The molecule has 114 valence electrons. The molecule has 1 saturated carbocycles. The first kappa shape index (κ1) is 14.2. The van der Waals surface area contributed by atoms with E-state index >= 15 is 0 Å². The van der Waals surface area contributed by atoms with E-state index in [4.69, 9.17) is 10.5 Å². The van der Waals surface area contributed by atoms with Crippen LogP contribution >= 0.6 is 0 Å². The topological polar surface area (TPSA) is 105 Å². The Labute approximate surface area is 127 Å². The number of fused-ring (bicyclic) bond motifs is 1. The van der Waals surface area contributed by atoms with Gasteiger partial charge in [0.05, 0.1) is 29.0 Å². The van der Waals surface area contributed by atoms with Gasteiger partial charge in [0, 0.05) is 6.20 Å². The molecule has 0 aromatic carbocycles. The molecular formula is C15H17N5O2. The van der Waals surface area contributed by atoms with Crippen LogP contribution in [0, 0.1) is 11.3 Å². The average molecular weight is 299 g/mol. The lowest BCUT2D eigenvalue weighted by molar-refractivity contribution is 0.0745. The number of nitrogens with zero attached hydrogens (tertiary/aromatic N) is 3. The van der Waals surface area contributed by atoms with Gasteiger partial charge in [-0.15, -0.1) is 0 Å². The summed E-state index contributed by atoms with van der Waals surface area (Å²) in [6, 6.07) is 5.85. The molecule has 1 aliphatic carbocycles. The second kappa shape index (κ2) is 5.93. The lowest BCUT2D eigenvalue weighted by atomic mass is 9.92. The van der Waals surface area contributed by atoms with Gasteiger partial charge in [0.1, 0.15) is 12.2 Å². The molecule has 2 aromatic heterocycles. The van der Waals surface area contributed by atoms with Crippen molar-refractivity contribution < 1.29 is 9.53 Å². The first-order valence-electron chi connectivity index (χ1n) is 7.28. The van der Waals surface area contributed by atoms with Gasteiger partial charge < -0.3 is 15.8 Å². The molecule has 0 saturated heterocycles. The molecule has 0 radical (unpaired) electrons. The molecule has 1 fully saturated rings. The molecule has 0 spiro atoms. The van der Waals surface area contributed by atoms with Crippen LogP contribution in [-0.2, 0) is 4.74 Å². The van der Waals surface area contributed by atoms with Crippen LogP contribution in [0.15, 0.2) is 24.5 Å². The van der Waals surface area contributed by atoms with E-state index in [1.807, 2.05) is 18.3 Å². The van der Waals surface area contributed by atoms with E-state index in [9.17, 15) is 10.1 Å². The Morgan fingerprint density at radius 3 is 3.09 bits per heavy atom. The van der Waals surface area contributed by atoms with Gasteiger partial charge in [0.15, 0.2) is 0 Å². The molecule has 2 heterocycles. The van der Waals surface area contributed by atoms with Crippen molar-refractivity contribution in [3.05, 3.63) is 30.1 Å². The number of carbonyl (C=O) groups excluding carboxylic acids is 1. The Morgan fingerprint density at radius 1 is 1.50 bits per heavy atom. The number of hydrogen-bond donors (Lipinski definition) is 2. The monoisotopic (exact) mass is 299 g/mol. The lowest BCUT2D eigenvalue weighted by Gasteiger charge is -2.32. The third kappa shape index (κ3) is 2.68. The van der Waals surface area contributed by atoms with Crippen molar-refractivity contribution in [2.45, 2.75) is 37.8 Å². The minimum atomic E-state index is -0.762. The fourth-order valence-corrected chi connectivity index (χ4v) is 2.97. The van der Waals surface area contributed by atoms with E-state index in [1.165, 1.54) is 6.20 Å². The maximum absolute atomic E-state index is 11.1. The zero-order valence-corrected chi connectivity index (χ0v) is 12.0. The molecule has 3 rings (SSSR count). The van der Waals surface area contributed by atoms with Gasteiger partial charge >= 0.3 is 6.09 Å². The zero-order valence-electron chi connectivity index (χ0n) is 12.0. The third-order valence-electron chi connectivity index (χ3n) is 3.99. The number of carbonyl (C=O) groups is 1. The van der Waals surface area contributed by atoms with Crippen LogP contribution in [0.2, 0.25) is 0 Å². The van der Waals surface area contributed by atoms with Crippen molar-refractivity contribution in [2.75, 3.05) is 5.32 Å². The minimum Gasteiger partial charge on any atom is -0.444 e. The molecule has 0 bridgehead atoms. The molecule has 2 atom stereocenters. The van der Waals surface area contributed by atoms with Crippen LogP contribution in [0.5, 0.6) is 0 Å². The second-order valence-corrected chi connectivity index (χ2v) is 5.39. The Morgan fingerprint density at radius 2 is 2.32 bits per heavy atom. The molecule has 1 amide bonds. The lowest BCUT2D eigenvalue weighted by Crippen LogP contribution is -2.41. The highest BCUT2D eigenvalue weighted by atomic mass is 16.6. The fraction of sp³-hybridized carbons (Fsp3) is 0.400. The summed E-state index contributed by atoms with van der Waals surface area (Å²) in [4.78, 5) is 11.1. The van der Waals surface area contributed by atoms with Crippen LogP contribution in [-0.4, -0.2) is 27.9 Å². The van der Waals surface area contributed by atoms with Gasteiger partial charge in [-0.2, -0.15) is 10.4 Å². The largest absolute Gasteiger partial charge is 0.444 e. The number of amides is 1. The smallest absolute Gasteiger partial charge is 0.404 e. The number of rotatable bonds is 3. The standard InChI is InChI=1S/C15H17N5O2/c16-8-10-9-18-20-7-3-5-12(20)14(10)19-11-4-1-2-6-13(11)22-15(17)21/h3,5,7,9,11,13,19H,1-2,4,6H2,(H2,17,21). The summed E-state index contributed by atoms with van der Waals surface area (Å²) in [5.74, 6) is 0. The van der Waals surface area contributed by atoms with Crippen molar-refractivity contribution in [1.82, 2.24) is 9.61 Å².